The van der Waals surface area contributed by atoms with E-state index in [9.17, 15) is 4.79 Å². The summed E-state index contributed by atoms with van der Waals surface area (Å²) >= 11 is 5.88. The van der Waals surface area contributed by atoms with Gasteiger partial charge < -0.3 is 10.7 Å². The van der Waals surface area contributed by atoms with Crippen molar-refractivity contribution in [3.63, 3.8) is 0 Å². The van der Waals surface area contributed by atoms with E-state index in [1.54, 1.807) is 18.2 Å². The standard InChI is InChI=1S/C13H20ClN3O/c1-13(2,3)6-7-16-12(18)10-8-9(14)4-5-11(10)17-15/h4-5,8,17H,6-7,15H2,1-3H3,(H,16,18). The highest BCUT2D eigenvalue weighted by molar-refractivity contribution is 6.31. The minimum absolute atomic E-state index is 0.172. The number of halogens is 1. The van der Waals surface area contributed by atoms with Crippen molar-refractivity contribution in [3.8, 4) is 0 Å². The monoisotopic (exact) mass is 269 g/mol. The molecule has 1 rings (SSSR count). The molecule has 100 valence electrons. The average Bonchev–Trinajstić information content (AvgIpc) is 2.27. The number of anilines is 1. The highest BCUT2D eigenvalue weighted by Gasteiger charge is 2.14. The van der Waals surface area contributed by atoms with Crippen LogP contribution in [0.4, 0.5) is 5.69 Å². The van der Waals surface area contributed by atoms with Gasteiger partial charge in [0.2, 0.25) is 0 Å². The molecule has 0 aliphatic heterocycles. The number of hydrogen-bond donors (Lipinski definition) is 3. The van der Waals surface area contributed by atoms with Crippen LogP contribution in [-0.4, -0.2) is 12.5 Å². The molecule has 4 N–H and O–H groups in total. The molecule has 0 heterocycles. The molecule has 1 amide bonds. The van der Waals surface area contributed by atoms with E-state index in [1.807, 2.05) is 0 Å². The summed E-state index contributed by atoms with van der Waals surface area (Å²) in [5.41, 5.74) is 3.70. The van der Waals surface area contributed by atoms with Crippen LogP contribution in [0, 0.1) is 5.41 Å². The number of rotatable bonds is 4. The summed E-state index contributed by atoms with van der Waals surface area (Å²) in [6.45, 7) is 7.01. The van der Waals surface area contributed by atoms with E-state index in [-0.39, 0.29) is 11.3 Å². The molecule has 0 aromatic heterocycles. The van der Waals surface area contributed by atoms with Crippen molar-refractivity contribution in [2.75, 3.05) is 12.0 Å². The van der Waals surface area contributed by atoms with Crippen molar-refractivity contribution in [3.05, 3.63) is 28.8 Å². The zero-order chi connectivity index (χ0) is 13.8. The summed E-state index contributed by atoms with van der Waals surface area (Å²) in [5, 5.41) is 3.37. The van der Waals surface area contributed by atoms with E-state index >= 15 is 0 Å². The Morgan fingerprint density at radius 1 is 1.39 bits per heavy atom. The van der Waals surface area contributed by atoms with Gasteiger partial charge in [-0.25, -0.2) is 0 Å². The Balaban J connectivity index is 2.69. The third-order valence-corrected chi connectivity index (χ3v) is 2.78. The molecule has 0 aliphatic carbocycles. The molecule has 0 radical (unpaired) electrons. The van der Waals surface area contributed by atoms with Gasteiger partial charge in [0.1, 0.15) is 0 Å². The SMILES string of the molecule is CC(C)(C)CCNC(=O)c1cc(Cl)ccc1NN. The fraction of sp³-hybridized carbons (Fsp3) is 0.462. The first kappa shape index (κ1) is 14.8. The van der Waals surface area contributed by atoms with E-state index in [0.717, 1.165) is 6.42 Å². The van der Waals surface area contributed by atoms with Crippen LogP contribution in [0.2, 0.25) is 5.02 Å². The Kier molecular flexibility index (Phi) is 4.99. The lowest BCUT2D eigenvalue weighted by molar-refractivity contribution is 0.0950. The fourth-order valence-corrected chi connectivity index (χ4v) is 1.65. The Morgan fingerprint density at radius 3 is 2.61 bits per heavy atom. The molecule has 1 aromatic carbocycles. The third kappa shape index (κ3) is 4.55. The Morgan fingerprint density at radius 2 is 2.06 bits per heavy atom. The summed E-state index contributed by atoms with van der Waals surface area (Å²) in [4.78, 5) is 12.0. The maximum Gasteiger partial charge on any atom is 0.253 e. The van der Waals surface area contributed by atoms with E-state index < -0.39 is 0 Å². The minimum atomic E-state index is -0.172. The predicted molar refractivity (Wildman–Crippen MR) is 75.7 cm³/mol. The summed E-state index contributed by atoms with van der Waals surface area (Å²) in [7, 11) is 0. The van der Waals surface area contributed by atoms with Gasteiger partial charge in [0.05, 0.1) is 11.3 Å². The quantitative estimate of drug-likeness (QED) is 0.582. The summed E-state index contributed by atoms with van der Waals surface area (Å²) in [5.74, 6) is 5.19. The van der Waals surface area contributed by atoms with E-state index in [1.165, 1.54) is 0 Å². The number of carbonyl (C=O) groups excluding carboxylic acids is 1. The maximum absolute atomic E-state index is 12.0. The highest BCUT2D eigenvalue weighted by atomic mass is 35.5. The topological polar surface area (TPSA) is 67.2 Å². The van der Waals surface area contributed by atoms with Gasteiger partial charge in [0.15, 0.2) is 0 Å². The molecule has 1 aromatic rings. The van der Waals surface area contributed by atoms with Crippen molar-refractivity contribution in [1.29, 1.82) is 0 Å². The van der Waals surface area contributed by atoms with Crippen LogP contribution in [0.15, 0.2) is 18.2 Å². The molecule has 0 fully saturated rings. The van der Waals surface area contributed by atoms with Gasteiger partial charge in [-0.15, -0.1) is 0 Å². The number of nitrogens with two attached hydrogens (primary N) is 1. The Bertz CT molecular complexity index is 427. The number of benzene rings is 1. The van der Waals surface area contributed by atoms with Gasteiger partial charge in [0.25, 0.3) is 5.91 Å². The molecule has 0 unspecified atom stereocenters. The van der Waals surface area contributed by atoms with Crippen molar-refractivity contribution < 1.29 is 4.79 Å². The number of nitrogens with one attached hydrogen (secondary N) is 2. The van der Waals surface area contributed by atoms with Crippen LogP contribution in [0.25, 0.3) is 0 Å². The van der Waals surface area contributed by atoms with Crippen LogP contribution in [-0.2, 0) is 0 Å². The molecule has 0 saturated heterocycles. The summed E-state index contributed by atoms with van der Waals surface area (Å²) < 4.78 is 0. The normalized spacial score (nSPS) is 11.2. The molecule has 5 heteroatoms. The van der Waals surface area contributed by atoms with Gasteiger partial charge in [0, 0.05) is 11.6 Å². The summed E-state index contributed by atoms with van der Waals surface area (Å²) in [6, 6.07) is 4.97. The van der Waals surface area contributed by atoms with Crippen molar-refractivity contribution in [2.24, 2.45) is 11.3 Å². The van der Waals surface area contributed by atoms with E-state index in [0.29, 0.717) is 22.8 Å². The molecule has 0 saturated carbocycles. The lowest BCUT2D eigenvalue weighted by atomic mass is 9.92. The van der Waals surface area contributed by atoms with Gasteiger partial charge in [-0.3, -0.25) is 10.6 Å². The lowest BCUT2D eigenvalue weighted by Gasteiger charge is -2.18. The first-order chi connectivity index (χ1) is 8.33. The number of amides is 1. The Hall–Kier alpha value is -1.26. The zero-order valence-electron chi connectivity index (χ0n) is 11.0. The van der Waals surface area contributed by atoms with Crippen LogP contribution in [0.1, 0.15) is 37.6 Å². The van der Waals surface area contributed by atoms with Crippen molar-refractivity contribution in [1.82, 2.24) is 5.32 Å². The van der Waals surface area contributed by atoms with Crippen LogP contribution < -0.4 is 16.6 Å². The van der Waals surface area contributed by atoms with Crippen LogP contribution in [0.5, 0.6) is 0 Å². The summed E-state index contributed by atoms with van der Waals surface area (Å²) in [6.07, 6.45) is 0.907. The number of nitrogen functional groups attached to an aromatic ring is 1. The van der Waals surface area contributed by atoms with E-state index in [2.05, 4.69) is 31.5 Å². The van der Waals surface area contributed by atoms with Gasteiger partial charge >= 0.3 is 0 Å². The van der Waals surface area contributed by atoms with E-state index in [4.69, 9.17) is 17.4 Å². The number of hydrazine groups is 1. The largest absolute Gasteiger partial charge is 0.352 e. The maximum atomic E-state index is 12.0. The molecular weight excluding hydrogens is 250 g/mol. The second kappa shape index (κ2) is 6.07. The average molecular weight is 270 g/mol. The number of hydrogen-bond acceptors (Lipinski definition) is 3. The predicted octanol–water partition coefficient (Wildman–Crippen LogP) is 2.79. The van der Waals surface area contributed by atoms with Gasteiger partial charge in [-0.2, -0.15) is 0 Å². The fourth-order valence-electron chi connectivity index (χ4n) is 1.48. The molecule has 4 nitrogen and oxygen atoms in total. The van der Waals surface area contributed by atoms with Crippen LogP contribution >= 0.6 is 11.6 Å². The second-order valence-electron chi connectivity index (χ2n) is 5.40. The number of carbonyl (C=O) groups is 1. The molecule has 0 spiro atoms. The van der Waals surface area contributed by atoms with Crippen LogP contribution in [0.3, 0.4) is 0 Å². The minimum Gasteiger partial charge on any atom is -0.352 e. The highest BCUT2D eigenvalue weighted by Crippen LogP contribution is 2.20. The smallest absolute Gasteiger partial charge is 0.253 e. The van der Waals surface area contributed by atoms with Gasteiger partial charge in [-0.05, 0) is 30.0 Å². The molecule has 0 bridgehead atoms. The first-order valence-electron chi connectivity index (χ1n) is 5.88. The lowest BCUT2D eigenvalue weighted by Crippen LogP contribution is -2.28. The molecule has 0 atom stereocenters. The van der Waals surface area contributed by atoms with Crippen molar-refractivity contribution >= 4 is 23.2 Å². The van der Waals surface area contributed by atoms with Gasteiger partial charge in [-0.1, -0.05) is 32.4 Å². The van der Waals surface area contributed by atoms with Crippen molar-refractivity contribution in [2.45, 2.75) is 27.2 Å². The first-order valence-corrected chi connectivity index (χ1v) is 6.25. The second-order valence-corrected chi connectivity index (χ2v) is 5.84. The Labute approximate surface area is 113 Å². The molecule has 18 heavy (non-hydrogen) atoms. The molecule has 0 aliphatic rings. The third-order valence-electron chi connectivity index (χ3n) is 2.54. The molecular formula is C13H20ClN3O. The zero-order valence-corrected chi connectivity index (χ0v) is 11.8.